The molecule has 0 fully saturated rings. The van der Waals surface area contributed by atoms with Crippen LogP contribution in [0.15, 0.2) is 72.0 Å². The van der Waals surface area contributed by atoms with E-state index in [0.29, 0.717) is 18.7 Å². The van der Waals surface area contributed by atoms with Crippen LogP contribution in [0.1, 0.15) is 21.5 Å². The number of carbonyl (C=O) groups excluding carboxylic acids is 1. The number of aromatic nitrogens is 2. The Morgan fingerprint density at radius 2 is 1.87 bits per heavy atom. The number of guanidine groups is 1. The number of rotatable bonds is 7. The number of halogens is 1. The summed E-state index contributed by atoms with van der Waals surface area (Å²) in [6.45, 7) is 1.37. The minimum Gasteiger partial charge on any atom is -0.356 e. The van der Waals surface area contributed by atoms with Crippen molar-refractivity contribution in [3.05, 3.63) is 83.7 Å². The first-order valence-corrected chi connectivity index (χ1v) is 9.54. The third-order valence-corrected chi connectivity index (χ3v) is 4.49. The van der Waals surface area contributed by atoms with Crippen molar-refractivity contribution in [2.75, 3.05) is 20.6 Å². The average molecular weight is 518 g/mol. The molecule has 3 N–H and O–H groups in total. The monoisotopic (exact) mass is 518 g/mol. The zero-order valence-electron chi connectivity index (χ0n) is 17.1. The molecule has 0 unspecified atom stereocenters. The summed E-state index contributed by atoms with van der Waals surface area (Å²) < 4.78 is 1.84. The van der Waals surface area contributed by atoms with Gasteiger partial charge >= 0.3 is 0 Å². The average Bonchev–Trinajstić information content (AvgIpc) is 3.31. The largest absolute Gasteiger partial charge is 0.356 e. The minimum absolute atomic E-state index is 0. The third kappa shape index (κ3) is 6.58. The van der Waals surface area contributed by atoms with Gasteiger partial charge in [0.2, 0.25) is 0 Å². The molecule has 2 aromatic carbocycles. The lowest BCUT2D eigenvalue weighted by atomic mass is 10.1. The molecule has 0 bridgehead atoms. The fourth-order valence-corrected chi connectivity index (χ4v) is 2.97. The van der Waals surface area contributed by atoms with E-state index < -0.39 is 0 Å². The van der Waals surface area contributed by atoms with Crippen LogP contribution in [0.2, 0.25) is 0 Å². The van der Waals surface area contributed by atoms with Crippen LogP contribution in [0.25, 0.3) is 5.69 Å². The van der Waals surface area contributed by atoms with Gasteiger partial charge < -0.3 is 16.0 Å². The Balaban J connectivity index is 0.00000320. The number of nitrogens with zero attached hydrogens (tertiary/aromatic N) is 3. The normalized spacial score (nSPS) is 10.8. The molecule has 0 aliphatic heterocycles. The van der Waals surface area contributed by atoms with E-state index in [2.05, 4.69) is 38.2 Å². The summed E-state index contributed by atoms with van der Waals surface area (Å²) in [6, 6.07) is 17.8. The highest BCUT2D eigenvalue weighted by atomic mass is 127. The molecule has 7 nitrogen and oxygen atoms in total. The maximum atomic E-state index is 11.8. The van der Waals surface area contributed by atoms with E-state index in [9.17, 15) is 4.79 Å². The first-order valence-electron chi connectivity index (χ1n) is 9.54. The number of nitrogens with one attached hydrogen (secondary N) is 3. The van der Waals surface area contributed by atoms with E-state index in [4.69, 9.17) is 0 Å². The number of benzene rings is 2. The molecule has 158 valence electrons. The summed E-state index contributed by atoms with van der Waals surface area (Å²) in [6.07, 6.45) is 4.48. The summed E-state index contributed by atoms with van der Waals surface area (Å²) >= 11 is 0. The molecule has 0 spiro atoms. The van der Waals surface area contributed by atoms with Gasteiger partial charge in [-0.05, 0) is 47.9 Å². The van der Waals surface area contributed by atoms with Gasteiger partial charge in [0.05, 0.1) is 5.69 Å². The van der Waals surface area contributed by atoms with Crippen LogP contribution in [0.3, 0.4) is 0 Å². The summed E-state index contributed by atoms with van der Waals surface area (Å²) in [5.74, 6) is 0.659. The Labute approximate surface area is 194 Å². The summed E-state index contributed by atoms with van der Waals surface area (Å²) in [5.41, 5.74) is 3.93. The Bertz CT molecular complexity index is 971. The first kappa shape index (κ1) is 23.4. The van der Waals surface area contributed by atoms with Gasteiger partial charge in [-0.15, -0.1) is 24.0 Å². The SMILES string of the molecule is CN=C(NCCc1cccc(C(=O)NC)c1)NCc1cccc(-n2cccn2)c1.I. The Kier molecular flexibility index (Phi) is 9.33. The van der Waals surface area contributed by atoms with Gasteiger partial charge in [0, 0.05) is 45.1 Å². The van der Waals surface area contributed by atoms with Crippen molar-refractivity contribution in [1.82, 2.24) is 25.7 Å². The lowest BCUT2D eigenvalue weighted by molar-refractivity contribution is 0.0963. The topological polar surface area (TPSA) is 83.3 Å². The molecular formula is C22H27IN6O. The summed E-state index contributed by atoms with van der Waals surface area (Å²) in [7, 11) is 3.39. The highest BCUT2D eigenvalue weighted by Crippen LogP contribution is 2.09. The predicted molar refractivity (Wildman–Crippen MR) is 131 cm³/mol. The molecule has 1 heterocycles. The molecular weight excluding hydrogens is 491 g/mol. The Morgan fingerprint density at radius 3 is 2.60 bits per heavy atom. The predicted octanol–water partition coefficient (Wildman–Crippen LogP) is 2.76. The van der Waals surface area contributed by atoms with Crippen LogP contribution in [0.4, 0.5) is 0 Å². The number of aliphatic imine (C=N–C) groups is 1. The quantitative estimate of drug-likeness (QED) is 0.255. The van der Waals surface area contributed by atoms with Gasteiger partial charge in [-0.2, -0.15) is 5.10 Å². The molecule has 0 aliphatic rings. The highest BCUT2D eigenvalue weighted by Gasteiger charge is 2.05. The van der Waals surface area contributed by atoms with Gasteiger partial charge in [-0.25, -0.2) is 4.68 Å². The zero-order valence-corrected chi connectivity index (χ0v) is 19.5. The zero-order chi connectivity index (χ0) is 20.5. The van der Waals surface area contributed by atoms with Crippen molar-refractivity contribution in [2.45, 2.75) is 13.0 Å². The van der Waals surface area contributed by atoms with E-state index in [0.717, 1.165) is 29.2 Å². The van der Waals surface area contributed by atoms with Gasteiger partial charge in [-0.1, -0.05) is 24.3 Å². The van der Waals surface area contributed by atoms with Gasteiger partial charge in [-0.3, -0.25) is 9.79 Å². The summed E-state index contributed by atoms with van der Waals surface area (Å²) in [5, 5.41) is 13.6. The maximum absolute atomic E-state index is 11.8. The molecule has 0 atom stereocenters. The van der Waals surface area contributed by atoms with Gasteiger partial charge in [0.15, 0.2) is 5.96 Å². The van der Waals surface area contributed by atoms with E-state index in [1.54, 1.807) is 20.3 Å². The molecule has 3 rings (SSSR count). The standard InChI is InChI=1S/C22H26N6O.HI/c1-23-21(29)19-8-3-6-17(14-19)10-12-25-22(24-2)26-16-18-7-4-9-20(15-18)28-13-5-11-27-28;/h3-9,11,13-15H,10,12,16H2,1-2H3,(H,23,29)(H2,24,25,26);1H. The fourth-order valence-electron chi connectivity index (χ4n) is 2.97. The lowest BCUT2D eigenvalue weighted by Gasteiger charge is -2.13. The van der Waals surface area contributed by atoms with Crippen LogP contribution in [-0.2, 0) is 13.0 Å². The second kappa shape index (κ2) is 12.0. The van der Waals surface area contributed by atoms with Crippen LogP contribution < -0.4 is 16.0 Å². The van der Waals surface area contributed by atoms with Crippen LogP contribution in [0.5, 0.6) is 0 Å². The second-order valence-electron chi connectivity index (χ2n) is 6.50. The number of hydrogen-bond acceptors (Lipinski definition) is 3. The summed E-state index contributed by atoms with van der Waals surface area (Å²) in [4.78, 5) is 16.0. The van der Waals surface area contributed by atoms with Crippen molar-refractivity contribution in [1.29, 1.82) is 0 Å². The van der Waals surface area contributed by atoms with E-state index >= 15 is 0 Å². The maximum Gasteiger partial charge on any atom is 0.251 e. The number of amides is 1. The fraction of sp³-hybridized carbons (Fsp3) is 0.227. The molecule has 0 aliphatic carbocycles. The molecule has 1 amide bonds. The Morgan fingerprint density at radius 1 is 1.07 bits per heavy atom. The van der Waals surface area contributed by atoms with E-state index in [-0.39, 0.29) is 29.9 Å². The first-order chi connectivity index (χ1) is 14.2. The molecule has 0 saturated heterocycles. The minimum atomic E-state index is -0.0744. The van der Waals surface area contributed by atoms with E-state index in [1.165, 1.54) is 0 Å². The van der Waals surface area contributed by atoms with Crippen molar-refractivity contribution < 1.29 is 4.79 Å². The van der Waals surface area contributed by atoms with Crippen molar-refractivity contribution >= 4 is 35.8 Å². The van der Waals surface area contributed by atoms with Crippen LogP contribution >= 0.6 is 24.0 Å². The smallest absolute Gasteiger partial charge is 0.251 e. The number of hydrogen-bond donors (Lipinski definition) is 3. The Hall–Kier alpha value is -2.88. The van der Waals surface area contributed by atoms with Crippen molar-refractivity contribution in [3.8, 4) is 5.69 Å². The third-order valence-electron chi connectivity index (χ3n) is 4.49. The van der Waals surface area contributed by atoms with Crippen LogP contribution in [0, 0.1) is 0 Å². The molecule has 1 aromatic heterocycles. The van der Waals surface area contributed by atoms with Gasteiger partial charge in [0.25, 0.3) is 5.91 Å². The lowest BCUT2D eigenvalue weighted by Crippen LogP contribution is -2.37. The van der Waals surface area contributed by atoms with Crippen molar-refractivity contribution in [2.24, 2.45) is 4.99 Å². The second-order valence-corrected chi connectivity index (χ2v) is 6.50. The molecule has 8 heteroatoms. The number of carbonyl (C=O) groups is 1. The molecule has 0 saturated carbocycles. The van der Waals surface area contributed by atoms with E-state index in [1.807, 2.05) is 53.3 Å². The van der Waals surface area contributed by atoms with Crippen molar-refractivity contribution in [3.63, 3.8) is 0 Å². The molecule has 3 aromatic rings. The molecule has 0 radical (unpaired) electrons. The highest BCUT2D eigenvalue weighted by molar-refractivity contribution is 14.0. The van der Waals surface area contributed by atoms with Gasteiger partial charge in [0.1, 0.15) is 0 Å². The van der Waals surface area contributed by atoms with Crippen LogP contribution in [-0.4, -0.2) is 42.3 Å². The molecule has 30 heavy (non-hydrogen) atoms.